The van der Waals surface area contributed by atoms with Gasteiger partial charge in [0.1, 0.15) is 6.07 Å². The first kappa shape index (κ1) is 19.9. The second-order valence-corrected chi connectivity index (χ2v) is 8.31. The number of carbonyl (C=O) groups excluding carboxylic acids is 1. The van der Waals surface area contributed by atoms with Crippen LogP contribution in [0.15, 0.2) is 41.3 Å². The van der Waals surface area contributed by atoms with Crippen molar-refractivity contribution in [3.8, 4) is 6.07 Å². The van der Waals surface area contributed by atoms with Gasteiger partial charge in [-0.25, -0.2) is 8.42 Å². The van der Waals surface area contributed by atoms with E-state index in [1.807, 2.05) is 19.9 Å². The fourth-order valence-electron chi connectivity index (χ4n) is 2.23. The van der Waals surface area contributed by atoms with Crippen LogP contribution in [0.2, 0.25) is 5.02 Å². The third kappa shape index (κ3) is 4.41. The summed E-state index contributed by atoms with van der Waals surface area (Å²) in [6.07, 6.45) is 0. The van der Waals surface area contributed by atoms with E-state index in [4.69, 9.17) is 16.9 Å². The number of nitrogens with one attached hydrogen (secondary N) is 1. The second-order valence-electron chi connectivity index (χ2n) is 5.86. The predicted molar refractivity (Wildman–Crippen MR) is 101 cm³/mol. The smallest absolute Gasteiger partial charge is 0.243 e. The molecule has 0 aliphatic carbocycles. The largest absolute Gasteiger partial charge is 0.325 e. The number of anilines is 1. The Morgan fingerprint density at radius 3 is 2.46 bits per heavy atom. The lowest BCUT2D eigenvalue weighted by molar-refractivity contribution is -0.116. The number of halogens is 1. The van der Waals surface area contributed by atoms with Crippen LogP contribution in [0.1, 0.15) is 16.7 Å². The van der Waals surface area contributed by atoms with Crippen molar-refractivity contribution in [2.75, 3.05) is 18.9 Å². The summed E-state index contributed by atoms with van der Waals surface area (Å²) in [6.45, 7) is 3.37. The zero-order valence-corrected chi connectivity index (χ0v) is 16.1. The summed E-state index contributed by atoms with van der Waals surface area (Å²) in [4.78, 5) is 12.3. The van der Waals surface area contributed by atoms with Crippen molar-refractivity contribution < 1.29 is 13.2 Å². The van der Waals surface area contributed by atoms with E-state index in [1.165, 1.54) is 31.3 Å². The minimum absolute atomic E-state index is 0.136. The van der Waals surface area contributed by atoms with E-state index >= 15 is 0 Å². The highest BCUT2D eigenvalue weighted by atomic mass is 35.5. The highest BCUT2D eigenvalue weighted by Crippen LogP contribution is 2.21. The fourth-order valence-corrected chi connectivity index (χ4v) is 3.66. The molecule has 6 nitrogen and oxygen atoms in total. The molecular formula is C18H18ClN3O3S. The van der Waals surface area contributed by atoms with Crippen LogP contribution in [0.25, 0.3) is 0 Å². The zero-order valence-electron chi connectivity index (χ0n) is 14.6. The lowest BCUT2D eigenvalue weighted by Gasteiger charge is -2.17. The van der Waals surface area contributed by atoms with E-state index in [-0.39, 0.29) is 16.5 Å². The number of hydrogen-bond donors (Lipinski definition) is 1. The van der Waals surface area contributed by atoms with Crippen molar-refractivity contribution in [2.24, 2.45) is 0 Å². The summed E-state index contributed by atoms with van der Waals surface area (Å²) in [6, 6.07) is 11.2. The molecule has 26 heavy (non-hydrogen) atoms. The van der Waals surface area contributed by atoms with E-state index in [9.17, 15) is 13.2 Å². The quantitative estimate of drug-likeness (QED) is 0.847. The third-order valence-electron chi connectivity index (χ3n) is 3.93. The Morgan fingerprint density at radius 2 is 1.88 bits per heavy atom. The molecule has 0 fully saturated rings. The van der Waals surface area contributed by atoms with Crippen LogP contribution in [0, 0.1) is 25.2 Å². The molecule has 0 bridgehead atoms. The van der Waals surface area contributed by atoms with Crippen LogP contribution in [0.5, 0.6) is 0 Å². The van der Waals surface area contributed by atoms with Gasteiger partial charge in [0, 0.05) is 12.7 Å². The number of benzene rings is 2. The molecule has 0 aliphatic rings. The molecule has 0 spiro atoms. The summed E-state index contributed by atoms with van der Waals surface area (Å²) < 4.78 is 26.2. The van der Waals surface area contributed by atoms with Gasteiger partial charge in [-0.1, -0.05) is 17.7 Å². The topological polar surface area (TPSA) is 90.3 Å². The number of likely N-dealkylation sites (N-methyl/N-ethyl adjacent to an activating group) is 1. The molecule has 0 saturated heterocycles. The number of sulfonamides is 1. The van der Waals surface area contributed by atoms with Gasteiger partial charge in [0.2, 0.25) is 15.9 Å². The lowest BCUT2D eigenvalue weighted by atomic mass is 10.1. The van der Waals surface area contributed by atoms with Gasteiger partial charge in [0.05, 0.1) is 22.0 Å². The lowest BCUT2D eigenvalue weighted by Crippen LogP contribution is -2.35. The van der Waals surface area contributed by atoms with Crippen LogP contribution < -0.4 is 5.32 Å². The molecule has 0 unspecified atom stereocenters. The molecule has 0 heterocycles. The first-order chi connectivity index (χ1) is 12.1. The molecule has 0 atom stereocenters. The molecule has 2 aromatic rings. The fraction of sp³-hybridized carbons (Fsp3) is 0.222. The maximum absolute atomic E-state index is 12.6. The molecule has 0 aromatic heterocycles. The van der Waals surface area contributed by atoms with Crippen LogP contribution in [0.3, 0.4) is 0 Å². The maximum atomic E-state index is 12.6. The highest BCUT2D eigenvalue weighted by Gasteiger charge is 2.23. The Bertz CT molecular complexity index is 997. The Morgan fingerprint density at radius 1 is 1.19 bits per heavy atom. The van der Waals surface area contributed by atoms with E-state index in [2.05, 4.69) is 5.32 Å². The van der Waals surface area contributed by atoms with Crippen molar-refractivity contribution >= 4 is 33.2 Å². The molecule has 0 radical (unpaired) electrons. The van der Waals surface area contributed by atoms with Gasteiger partial charge in [-0.05, 0) is 55.3 Å². The summed E-state index contributed by atoms with van der Waals surface area (Å²) in [7, 11) is -2.44. The Kier molecular flexibility index (Phi) is 6.03. The summed E-state index contributed by atoms with van der Waals surface area (Å²) in [5.74, 6) is -0.513. The minimum Gasteiger partial charge on any atom is -0.325 e. The van der Waals surface area contributed by atoms with Crippen molar-refractivity contribution in [1.82, 2.24) is 4.31 Å². The third-order valence-corrected chi connectivity index (χ3v) is 6.04. The average Bonchev–Trinajstić information content (AvgIpc) is 2.57. The van der Waals surface area contributed by atoms with Crippen molar-refractivity contribution in [1.29, 1.82) is 5.26 Å². The van der Waals surface area contributed by atoms with Gasteiger partial charge in [-0.15, -0.1) is 0 Å². The Balaban J connectivity index is 2.11. The standard InChI is InChI=1S/C18H18ClN3O3S/c1-12-4-7-16(8-13(12)2)26(24,25)22(3)11-18(23)21-15-6-5-14(10-20)17(19)9-15/h4-9H,11H2,1-3H3,(H,21,23). The van der Waals surface area contributed by atoms with E-state index in [0.29, 0.717) is 11.3 Å². The number of rotatable bonds is 5. The number of hydrogen-bond acceptors (Lipinski definition) is 4. The predicted octanol–water partition coefficient (Wildman–Crippen LogP) is 3.09. The van der Waals surface area contributed by atoms with Crippen molar-refractivity contribution in [3.05, 3.63) is 58.1 Å². The SMILES string of the molecule is Cc1ccc(S(=O)(=O)N(C)CC(=O)Nc2ccc(C#N)c(Cl)c2)cc1C. The summed E-state index contributed by atoms with van der Waals surface area (Å²) >= 11 is 5.92. The normalized spacial score (nSPS) is 11.2. The van der Waals surface area contributed by atoms with E-state index in [1.54, 1.807) is 12.1 Å². The number of amides is 1. The Hall–Kier alpha value is -2.40. The minimum atomic E-state index is -3.78. The highest BCUT2D eigenvalue weighted by molar-refractivity contribution is 7.89. The van der Waals surface area contributed by atoms with Gasteiger partial charge in [0.15, 0.2) is 0 Å². The van der Waals surface area contributed by atoms with Crippen LogP contribution in [-0.2, 0) is 14.8 Å². The molecule has 136 valence electrons. The van der Waals surface area contributed by atoms with E-state index in [0.717, 1.165) is 15.4 Å². The number of aryl methyl sites for hydroxylation is 2. The molecule has 1 N–H and O–H groups in total. The molecule has 2 rings (SSSR count). The number of nitrogens with zero attached hydrogens (tertiary/aromatic N) is 2. The molecule has 0 saturated carbocycles. The van der Waals surface area contributed by atoms with Gasteiger partial charge in [0.25, 0.3) is 0 Å². The van der Waals surface area contributed by atoms with Crippen molar-refractivity contribution in [3.63, 3.8) is 0 Å². The molecule has 8 heteroatoms. The monoisotopic (exact) mass is 391 g/mol. The molecule has 1 amide bonds. The van der Waals surface area contributed by atoms with Crippen LogP contribution >= 0.6 is 11.6 Å². The average molecular weight is 392 g/mol. The van der Waals surface area contributed by atoms with Gasteiger partial charge in [-0.2, -0.15) is 9.57 Å². The number of carbonyl (C=O) groups is 1. The molecular weight excluding hydrogens is 374 g/mol. The zero-order chi connectivity index (χ0) is 19.5. The summed E-state index contributed by atoms with van der Waals surface area (Å²) in [5, 5.41) is 11.6. The van der Waals surface area contributed by atoms with Gasteiger partial charge >= 0.3 is 0 Å². The maximum Gasteiger partial charge on any atom is 0.243 e. The van der Waals surface area contributed by atoms with Gasteiger partial charge in [-0.3, -0.25) is 4.79 Å². The van der Waals surface area contributed by atoms with Gasteiger partial charge < -0.3 is 5.32 Å². The van der Waals surface area contributed by atoms with Crippen LogP contribution in [0.4, 0.5) is 5.69 Å². The van der Waals surface area contributed by atoms with E-state index < -0.39 is 15.9 Å². The number of nitriles is 1. The first-order valence-electron chi connectivity index (χ1n) is 7.68. The van der Waals surface area contributed by atoms with Crippen molar-refractivity contribution in [2.45, 2.75) is 18.7 Å². The first-order valence-corrected chi connectivity index (χ1v) is 9.50. The summed E-state index contributed by atoms with van der Waals surface area (Å²) in [5.41, 5.74) is 2.52. The molecule has 0 aliphatic heterocycles. The molecule has 2 aromatic carbocycles. The van der Waals surface area contributed by atoms with Crippen LogP contribution in [-0.4, -0.2) is 32.2 Å². The second kappa shape index (κ2) is 7.87. The Labute approximate surface area is 158 Å².